The van der Waals surface area contributed by atoms with Crippen molar-refractivity contribution in [3.05, 3.63) is 29.3 Å². The zero-order valence-electron chi connectivity index (χ0n) is 10.5. The van der Waals surface area contributed by atoms with Crippen LogP contribution in [0, 0.1) is 18.8 Å². The molecule has 1 unspecified atom stereocenters. The number of rotatable bonds is 4. The average Bonchev–Trinajstić information content (AvgIpc) is 3.09. The summed E-state index contributed by atoms with van der Waals surface area (Å²) >= 11 is 0. The lowest BCUT2D eigenvalue weighted by molar-refractivity contribution is 0.0947. The van der Waals surface area contributed by atoms with Crippen LogP contribution in [0.4, 0.5) is 5.69 Å². The molecule has 3 nitrogen and oxygen atoms in total. The summed E-state index contributed by atoms with van der Waals surface area (Å²) in [6.07, 6.45) is 2.62. The van der Waals surface area contributed by atoms with Crippen molar-refractivity contribution in [1.82, 2.24) is 5.32 Å². The first kappa shape index (κ1) is 12.0. The number of amides is 1. The average molecular weight is 232 g/mol. The second-order valence-electron chi connectivity index (χ2n) is 5.12. The van der Waals surface area contributed by atoms with Gasteiger partial charge in [0.2, 0.25) is 0 Å². The van der Waals surface area contributed by atoms with Crippen molar-refractivity contribution in [3.63, 3.8) is 0 Å². The number of aryl methyl sites for hydroxylation is 1. The molecule has 92 valence electrons. The molecular formula is C14H20N2O. The molecule has 0 aliphatic heterocycles. The summed E-state index contributed by atoms with van der Waals surface area (Å²) in [7, 11) is 0. The van der Waals surface area contributed by atoms with Crippen molar-refractivity contribution in [2.24, 2.45) is 11.8 Å². The molecule has 1 aromatic rings. The Morgan fingerprint density at radius 1 is 1.53 bits per heavy atom. The van der Waals surface area contributed by atoms with Gasteiger partial charge < -0.3 is 11.1 Å². The predicted octanol–water partition coefficient (Wildman–Crippen LogP) is 2.35. The highest BCUT2D eigenvalue weighted by molar-refractivity contribution is 5.99. The van der Waals surface area contributed by atoms with E-state index in [-0.39, 0.29) is 5.91 Å². The van der Waals surface area contributed by atoms with Crippen molar-refractivity contribution in [3.8, 4) is 0 Å². The van der Waals surface area contributed by atoms with E-state index < -0.39 is 0 Å². The van der Waals surface area contributed by atoms with Gasteiger partial charge in [-0.2, -0.15) is 0 Å². The molecule has 0 radical (unpaired) electrons. The van der Waals surface area contributed by atoms with Crippen LogP contribution in [-0.2, 0) is 0 Å². The number of hydrogen-bond donors (Lipinski definition) is 2. The summed E-state index contributed by atoms with van der Waals surface area (Å²) in [4.78, 5) is 11.9. The van der Waals surface area contributed by atoms with Crippen LogP contribution in [0.25, 0.3) is 0 Å². The van der Waals surface area contributed by atoms with E-state index in [0.717, 1.165) is 18.0 Å². The van der Waals surface area contributed by atoms with Crippen LogP contribution < -0.4 is 11.1 Å². The van der Waals surface area contributed by atoms with Gasteiger partial charge in [0, 0.05) is 12.2 Å². The first-order valence-electron chi connectivity index (χ1n) is 6.22. The molecule has 1 fully saturated rings. The van der Waals surface area contributed by atoms with E-state index in [1.165, 1.54) is 12.8 Å². The molecule has 1 saturated carbocycles. The molecule has 17 heavy (non-hydrogen) atoms. The summed E-state index contributed by atoms with van der Waals surface area (Å²) in [6.45, 7) is 4.90. The van der Waals surface area contributed by atoms with Gasteiger partial charge in [0.05, 0.1) is 5.56 Å². The van der Waals surface area contributed by atoms with E-state index in [0.29, 0.717) is 17.2 Å². The monoisotopic (exact) mass is 232 g/mol. The second kappa shape index (κ2) is 4.78. The van der Waals surface area contributed by atoms with Gasteiger partial charge in [-0.25, -0.2) is 0 Å². The smallest absolute Gasteiger partial charge is 0.253 e. The maximum Gasteiger partial charge on any atom is 0.253 e. The normalized spacial score (nSPS) is 16.6. The Labute approximate surface area is 102 Å². The van der Waals surface area contributed by atoms with Crippen LogP contribution in [0.2, 0.25) is 0 Å². The van der Waals surface area contributed by atoms with Crippen LogP contribution in [0.15, 0.2) is 18.2 Å². The Morgan fingerprint density at radius 3 is 2.82 bits per heavy atom. The highest BCUT2D eigenvalue weighted by Gasteiger charge is 2.27. The molecular weight excluding hydrogens is 212 g/mol. The minimum absolute atomic E-state index is 0.0602. The third-order valence-electron chi connectivity index (χ3n) is 3.46. The van der Waals surface area contributed by atoms with Gasteiger partial charge in [-0.15, -0.1) is 0 Å². The highest BCUT2D eigenvalue weighted by atomic mass is 16.1. The number of nitrogen functional groups attached to an aromatic ring is 1. The molecule has 0 bridgehead atoms. The first-order chi connectivity index (χ1) is 8.08. The molecule has 1 amide bonds. The lowest BCUT2D eigenvalue weighted by atomic mass is 10.1. The van der Waals surface area contributed by atoms with Crippen molar-refractivity contribution in [1.29, 1.82) is 0 Å². The van der Waals surface area contributed by atoms with Gasteiger partial charge in [0.1, 0.15) is 0 Å². The Kier molecular flexibility index (Phi) is 3.36. The summed E-state index contributed by atoms with van der Waals surface area (Å²) in [5.41, 5.74) is 8.05. The minimum atomic E-state index is -0.0602. The largest absolute Gasteiger partial charge is 0.398 e. The van der Waals surface area contributed by atoms with Crippen molar-refractivity contribution < 1.29 is 4.79 Å². The van der Waals surface area contributed by atoms with Crippen LogP contribution in [0.1, 0.15) is 35.7 Å². The number of nitrogens with one attached hydrogen (secondary N) is 1. The fourth-order valence-corrected chi connectivity index (χ4v) is 2.07. The van der Waals surface area contributed by atoms with Crippen LogP contribution in [-0.4, -0.2) is 12.5 Å². The molecule has 3 N–H and O–H groups in total. The zero-order valence-corrected chi connectivity index (χ0v) is 10.5. The molecule has 0 heterocycles. The van der Waals surface area contributed by atoms with E-state index in [4.69, 9.17) is 5.73 Å². The molecule has 3 heteroatoms. The second-order valence-corrected chi connectivity index (χ2v) is 5.12. The van der Waals surface area contributed by atoms with Crippen molar-refractivity contribution in [2.45, 2.75) is 26.7 Å². The summed E-state index contributed by atoms with van der Waals surface area (Å²) in [6, 6.07) is 5.54. The van der Waals surface area contributed by atoms with Gasteiger partial charge >= 0.3 is 0 Å². The SMILES string of the molecule is Cc1ccc(C(=O)NCC(C)C2CC2)c(N)c1. The number of hydrogen-bond acceptors (Lipinski definition) is 2. The number of anilines is 1. The lowest BCUT2D eigenvalue weighted by Crippen LogP contribution is -2.29. The highest BCUT2D eigenvalue weighted by Crippen LogP contribution is 2.36. The third-order valence-corrected chi connectivity index (χ3v) is 3.46. The Hall–Kier alpha value is -1.51. The van der Waals surface area contributed by atoms with E-state index in [1.54, 1.807) is 6.07 Å². The molecule has 1 aromatic carbocycles. The van der Waals surface area contributed by atoms with Gasteiger partial charge in [0.15, 0.2) is 0 Å². The molecule has 0 saturated heterocycles. The number of carbonyl (C=O) groups excluding carboxylic acids is 1. The summed E-state index contributed by atoms with van der Waals surface area (Å²) in [5, 5.41) is 2.96. The first-order valence-corrected chi connectivity index (χ1v) is 6.22. The van der Waals surface area contributed by atoms with Gasteiger partial charge in [-0.3, -0.25) is 4.79 Å². The van der Waals surface area contributed by atoms with Crippen LogP contribution in [0.5, 0.6) is 0 Å². The Morgan fingerprint density at radius 2 is 2.24 bits per heavy atom. The van der Waals surface area contributed by atoms with Gasteiger partial charge in [-0.1, -0.05) is 13.0 Å². The lowest BCUT2D eigenvalue weighted by Gasteiger charge is -2.12. The molecule has 1 aliphatic rings. The number of carbonyl (C=O) groups is 1. The van der Waals surface area contributed by atoms with Crippen molar-refractivity contribution >= 4 is 11.6 Å². The summed E-state index contributed by atoms with van der Waals surface area (Å²) < 4.78 is 0. The fourth-order valence-electron chi connectivity index (χ4n) is 2.07. The zero-order chi connectivity index (χ0) is 12.4. The summed E-state index contributed by atoms with van der Waals surface area (Å²) in [5.74, 6) is 1.33. The number of benzene rings is 1. The van der Waals surface area contributed by atoms with Crippen LogP contribution in [0.3, 0.4) is 0 Å². The maximum atomic E-state index is 11.9. The van der Waals surface area contributed by atoms with E-state index >= 15 is 0 Å². The molecule has 2 rings (SSSR count). The van der Waals surface area contributed by atoms with Gasteiger partial charge in [-0.05, 0) is 49.3 Å². The topological polar surface area (TPSA) is 55.1 Å². The third kappa shape index (κ3) is 2.99. The molecule has 1 atom stereocenters. The maximum absolute atomic E-state index is 11.9. The molecule has 0 aromatic heterocycles. The number of nitrogens with two attached hydrogens (primary N) is 1. The van der Waals surface area contributed by atoms with E-state index in [1.807, 2.05) is 19.1 Å². The van der Waals surface area contributed by atoms with Crippen molar-refractivity contribution in [2.75, 3.05) is 12.3 Å². The van der Waals surface area contributed by atoms with E-state index in [9.17, 15) is 4.79 Å². The minimum Gasteiger partial charge on any atom is -0.398 e. The predicted molar refractivity (Wildman–Crippen MR) is 69.8 cm³/mol. The molecule has 1 aliphatic carbocycles. The molecule has 0 spiro atoms. The Balaban J connectivity index is 1.94. The van der Waals surface area contributed by atoms with E-state index in [2.05, 4.69) is 12.2 Å². The fraction of sp³-hybridized carbons (Fsp3) is 0.500. The van der Waals surface area contributed by atoms with Crippen LogP contribution >= 0.6 is 0 Å². The Bertz CT molecular complexity index is 424. The quantitative estimate of drug-likeness (QED) is 0.783. The standard InChI is InChI=1S/C14H20N2O/c1-9-3-6-12(13(15)7-9)14(17)16-8-10(2)11-4-5-11/h3,6-7,10-11H,4-5,8,15H2,1-2H3,(H,16,17). The van der Waals surface area contributed by atoms with Gasteiger partial charge in [0.25, 0.3) is 5.91 Å².